The molecule has 4 heterocycles. The first kappa shape index (κ1) is 23.5. The van der Waals surface area contributed by atoms with Gasteiger partial charge in [-0.15, -0.1) is 11.8 Å². The Morgan fingerprint density at radius 1 is 1.09 bits per heavy atom. The molecule has 6 rings (SSSR count). The first-order valence-electron chi connectivity index (χ1n) is 13.7. The molecule has 0 aromatic heterocycles. The maximum atomic E-state index is 13.9. The van der Waals surface area contributed by atoms with E-state index in [9.17, 15) is 9.18 Å². The summed E-state index contributed by atoms with van der Waals surface area (Å²) < 4.78 is 13.9. The summed E-state index contributed by atoms with van der Waals surface area (Å²) in [4.78, 5) is 22.8. The number of aliphatic imine (C=N–C) groups is 1. The van der Waals surface area contributed by atoms with Gasteiger partial charge in [0.1, 0.15) is 6.17 Å². The molecule has 7 nitrogen and oxygen atoms in total. The van der Waals surface area contributed by atoms with Gasteiger partial charge >= 0.3 is 0 Å². The minimum atomic E-state index is -0.811. The lowest BCUT2D eigenvalue weighted by molar-refractivity contribution is -0.135. The molecule has 5 fully saturated rings. The van der Waals surface area contributed by atoms with Crippen LogP contribution in [0.25, 0.3) is 0 Å². The Morgan fingerprint density at radius 3 is 2.65 bits per heavy atom. The molecule has 6 aliphatic rings. The predicted molar refractivity (Wildman–Crippen MR) is 134 cm³/mol. The highest BCUT2D eigenvalue weighted by atomic mass is 32.2. The van der Waals surface area contributed by atoms with Crippen molar-refractivity contribution in [3.05, 3.63) is 0 Å². The van der Waals surface area contributed by atoms with Crippen molar-refractivity contribution in [1.82, 2.24) is 25.6 Å². The van der Waals surface area contributed by atoms with Crippen LogP contribution in [0.1, 0.15) is 71.1 Å². The minimum Gasteiger partial charge on any atom is -0.320 e. The number of piperidine rings is 1. The normalized spacial score (nSPS) is 44.7. The summed E-state index contributed by atoms with van der Waals surface area (Å²) in [6, 6.07) is 1.15. The molecular formula is C25H41FN6OS. The van der Waals surface area contributed by atoms with Crippen LogP contribution in [0.15, 0.2) is 4.99 Å². The highest BCUT2D eigenvalue weighted by Crippen LogP contribution is 2.44. The molecule has 4 aliphatic heterocycles. The zero-order chi connectivity index (χ0) is 23.4. The Bertz CT molecular complexity index is 806. The Balaban J connectivity index is 1.14. The van der Waals surface area contributed by atoms with Gasteiger partial charge in [0, 0.05) is 19.6 Å². The van der Waals surface area contributed by atoms with Crippen molar-refractivity contribution >= 4 is 23.6 Å². The van der Waals surface area contributed by atoms with Crippen molar-refractivity contribution in [2.24, 2.45) is 22.7 Å². The van der Waals surface area contributed by atoms with Gasteiger partial charge in [-0.1, -0.05) is 6.92 Å². The van der Waals surface area contributed by atoms with Crippen molar-refractivity contribution < 1.29 is 9.18 Å². The van der Waals surface area contributed by atoms with E-state index in [1.165, 1.54) is 38.5 Å². The van der Waals surface area contributed by atoms with E-state index in [1.807, 2.05) is 23.7 Å². The molecule has 2 aliphatic carbocycles. The van der Waals surface area contributed by atoms with Crippen molar-refractivity contribution in [2.45, 2.75) is 107 Å². The number of fused-ring (bicyclic) bond motifs is 5. The summed E-state index contributed by atoms with van der Waals surface area (Å²) in [6.07, 6.45) is 10.4. The van der Waals surface area contributed by atoms with Crippen LogP contribution in [0.4, 0.5) is 4.39 Å². The van der Waals surface area contributed by atoms with Crippen LogP contribution in [0.5, 0.6) is 0 Å². The second-order valence-corrected chi connectivity index (χ2v) is 12.7. The smallest absolute Gasteiger partial charge is 0.238 e. The number of hydrogen-bond acceptors (Lipinski definition) is 7. The molecule has 7 atom stereocenters. The Kier molecular flexibility index (Phi) is 6.58. The molecule has 9 heteroatoms. The zero-order valence-corrected chi connectivity index (χ0v) is 21.5. The van der Waals surface area contributed by atoms with Crippen LogP contribution in [0.2, 0.25) is 0 Å². The highest BCUT2D eigenvalue weighted by Gasteiger charge is 2.58. The summed E-state index contributed by atoms with van der Waals surface area (Å²) in [6.45, 7) is 3.19. The van der Waals surface area contributed by atoms with E-state index < -0.39 is 6.30 Å². The molecule has 0 bridgehead atoms. The van der Waals surface area contributed by atoms with Crippen molar-refractivity contribution in [3.8, 4) is 0 Å². The number of carbonyl (C=O) groups is 1. The number of carbonyl (C=O) groups excluding carboxylic acids is 1. The van der Waals surface area contributed by atoms with Gasteiger partial charge in [0.05, 0.1) is 23.4 Å². The fourth-order valence-corrected chi connectivity index (χ4v) is 8.84. The third kappa shape index (κ3) is 3.98. The van der Waals surface area contributed by atoms with Crippen LogP contribution in [0, 0.1) is 17.8 Å². The van der Waals surface area contributed by atoms with Gasteiger partial charge in [-0.25, -0.2) is 19.8 Å². The van der Waals surface area contributed by atoms with Gasteiger partial charge in [0.2, 0.25) is 11.9 Å². The summed E-state index contributed by atoms with van der Waals surface area (Å²) in [5, 5.41) is 5.81. The lowest BCUT2D eigenvalue weighted by Crippen LogP contribution is -2.64. The molecule has 34 heavy (non-hydrogen) atoms. The molecular weight excluding hydrogens is 451 g/mol. The predicted octanol–water partition coefficient (Wildman–Crippen LogP) is 3.14. The summed E-state index contributed by atoms with van der Waals surface area (Å²) >= 11 is 1.91. The third-order valence-electron chi connectivity index (χ3n) is 9.40. The second kappa shape index (κ2) is 9.52. The number of thioether (sulfide) groups is 1. The fraction of sp³-hybridized carbons (Fsp3) is 0.920. The van der Waals surface area contributed by atoms with Crippen molar-refractivity contribution in [2.75, 3.05) is 19.3 Å². The maximum Gasteiger partial charge on any atom is 0.238 e. The van der Waals surface area contributed by atoms with Crippen molar-refractivity contribution in [3.63, 3.8) is 0 Å². The number of alkyl halides is 1. The molecule has 3 saturated heterocycles. The van der Waals surface area contributed by atoms with E-state index in [0.29, 0.717) is 36.4 Å². The van der Waals surface area contributed by atoms with Crippen molar-refractivity contribution in [1.29, 1.82) is 0 Å². The van der Waals surface area contributed by atoms with E-state index in [1.54, 1.807) is 0 Å². The fourth-order valence-electron chi connectivity index (χ4n) is 7.70. The largest absolute Gasteiger partial charge is 0.320 e. The zero-order valence-electron chi connectivity index (χ0n) is 20.7. The number of hydrazine groups is 1. The number of guanidine groups is 1. The number of amides is 1. The van der Waals surface area contributed by atoms with Crippen LogP contribution in [-0.4, -0.2) is 82.0 Å². The quantitative estimate of drug-likeness (QED) is 0.575. The third-order valence-corrected chi connectivity index (χ3v) is 10.6. The van der Waals surface area contributed by atoms with E-state index in [-0.39, 0.29) is 23.4 Å². The summed E-state index contributed by atoms with van der Waals surface area (Å²) in [5.41, 5.74) is 3.84. The molecule has 0 spiro atoms. The SMILES string of the molecule is CCSC1C2C(=O)N(C)C3=N[C@@H]4CCC[C@@H]4N3C2NN1CC1CCC(C2CCCC(F)N2)CC1. The van der Waals surface area contributed by atoms with Crippen LogP contribution in [-0.2, 0) is 4.79 Å². The van der Waals surface area contributed by atoms with Gasteiger partial charge < -0.3 is 4.90 Å². The molecule has 0 aromatic carbocycles. The topological polar surface area (TPSA) is 63.2 Å². The first-order valence-corrected chi connectivity index (χ1v) is 14.8. The van der Waals surface area contributed by atoms with E-state index in [0.717, 1.165) is 37.5 Å². The Hall–Kier alpha value is -0.900. The van der Waals surface area contributed by atoms with Crippen LogP contribution in [0.3, 0.4) is 0 Å². The second-order valence-electron chi connectivity index (χ2n) is 11.3. The Morgan fingerprint density at radius 2 is 1.88 bits per heavy atom. The average molecular weight is 493 g/mol. The molecule has 0 aromatic rings. The molecule has 0 radical (unpaired) electrons. The molecule has 1 amide bonds. The van der Waals surface area contributed by atoms with Gasteiger partial charge in [-0.3, -0.25) is 15.0 Å². The van der Waals surface area contributed by atoms with Gasteiger partial charge in [0.25, 0.3) is 0 Å². The van der Waals surface area contributed by atoms with E-state index in [4.69, 9.17) is 4.99 Å². The number of nitrogens with one attached hydrogen (secondary N) is 2. The summed E-state index contributed by atoms with van der Waals surface area (Å²) in [7, 11) is 1.92. The molecule has 2 N–H and O–H groups in total. The lowest BCUT2D eigenvalue weighted by Gasteiger charge is -2.43. The number of halogens is 1. The minimum absolute atomic E-state index is 0.0314. The highest BCUT2D eigenvalue weighted by molar-refractivity contribution is 7.99. The molecule has 5 unspecified atom stereocenters. The average Bonchev–Trinajstić information content (AvgIpc) is 3.52. The number of nitrogens with zero attached hydrogens (tertiary/aromatic N) is 4. The Labute approximate surface area is 207 Å². The number of rotatable bonds is 5. The first-order chi connectivity index (χ1) is 16.5. The van der Waals surface area contributed by atoms with Crippen LogP contribution >= 0.6 is 11.8 Å². The number of hydrogen-bond donors (Lipinski definition) is 2. The van der Waals surface area contributed by atoms with E-state index >= 15 is 0 Å². The van der Waals surface area contributed by atoms with Gasteiger partial charge in [0.15, 0.2) is 6.30 Å². The lowest BCUT2D eigenvalue weighted by atomic mass is 9.76. The van der Waals surface area contributed by atoms with Gasteiger partial charge in [-0.2, -0.15) is 0 Å². The maximum absolute atomic E-state index is 13.9. The van der Waals surface area contributed by atoms with Gasteiger partial charge in [-0.05, 0) is 81.8 Å². The standard InChI is InChI=1S/C25H41FN6OS/c1-3-34-24-21-22(32-19-8-4-7-18(19)28-25(32)30(2)23(21)33)29-31(24)14-15-10-12-16(13-11-15)17-6-5-9-20(26)27-17/h15-22,24,27,29H,3-14H2,1-2H3/t15?,16?,17?,18-,19+,20?,21?,22?,24?/m1/s1. The molecule has 2 saturated carbocycles. The van der Waals surface area contributed by atoms with Crippen LogP contribution < -0.4 is 10.7 Å². The summed E-state index contributed by atoms with van der Waals surface area (Å²) in [5.74, 6) is 3.30. The monoisotopic (exact) mass is 492 g/mol. The van der Waals surface area contributed by atoms with E-state index in [2.05, 4.69) is 27.6 Å². The molecule has 190 valence electrons.